The summed E-state index contributed by atoms with van der Waals surface area (Å²) in [6.07, 6.45) is -1.57. The van der Waals surface area contributed by atoms with Gasteiger partial charge in [0.15, 0.2) is 5.79 Å². The average Bonchev–Trinajstić information content (AvgIpc) is 2.13. The molecule has 0 unspecified atom stereocenters. The minimum Gasteiger partial charge on any atom is -0.394 e. The van der Waals surface area contributed by atoms with Crippen molar-refractivity contribution in [1.29, 1.82) is 0 Å². The van der Waals surface area contributed by atoms with Crippen LogP contribution in [0.2, 0.25) is 0 Å². The molecule has 1 fully saturated rings. The van der Waals surface area contributed by atoms with Crippen LogP contribution in [0.15, 0.2) is 0 Å². The second-order valence-corrected chi connectivity index (χ2v) is 3.77. The normalized spacial score (nSPS) is 51.5. The van der Waals surface area contributed by atoms with E-state index in [-0.39, 0.29) is 6.61 Å². The lowest BCUT2D eigenvalue weighted by Crippen LogP contribution is -2.35. The van der Waals surface area contributed by atoms with Crippen molar-refractivity contribution in [2.24, 2.45) is 0 Å². The average molecular weight is 227 g/mol. The molecular formula is C6H11BrO4. The van der Waals surface area contributed by atoms with Gasteiger partial charge in [0.2, 0.25) is 0 Å². The number of ether oxygens (including phenoxy) is 1. The van der Waals surface area contributed by atoms with Crippen LogP contribution < -0.4 is 0 Å². The molecule has 0 aliphatic carbocycles. The fraction of sp³-hybridized carbons (Fsp3) is 1.00. The molecule has 11 heavy (non-hydrogen) atoms. The van der Waals surface area contributed by atoms with Gasteiger partial charge in [-0.25, -0.2) is 0 Å². The molecule has 0 radical (unpaired) electrons. The fourth-order valence-electron chi connectivity index (χ4n) is 1.09. The molecule has 0 spiro atoms. The first-order chi connectivity index (χ1) is 4.99. The van der Waals surface area contributed by atoms with E-state index < -0.39 is 22.8 Å². The van der Waals surface area contributed by atoms with Crippen LogP contribution in [0.4, 0.5) is 0 Å². The SMILES string of the molecule is C[C@]1(O)O[C@H](CO)[C@@H](O)[C@H]1Br. The second kappa shape index (κ2) is 2.99. The molecule has 0 aromatic heterocycles. The summed E-state index contributed by atoms with van der Waals surface area (Å²) in [5.41, 5.74) is 0. The Morgan fingerprint density at radius 3 is 2.36 bits per heavy atom. The Bertz CT molecular complexity index is 150. The number of hydrogen-bond acceptors (Lipinski definition) is 4. The van der Waals surface area contributed by atoms with Crippen molar-refractivity contribution < 1.29 is 20.1 Å². The predicted molar refractivity (Wildman–Crippen MR) is 41.3 cm³/mol. The smallest absolute Gasteiger partial charge is 0.178 e. The summed E-state index contributed by atoms with van der Waals surface area (Å²) in [7, 11) is 0. The van der Waals surface area contributed by atoms with E-state index in [4.69, 9.17) is 9.84 Å². The molecule has 4 nitrogen and oxygen atoms in total. The van der Waals surface area contributed by atoms with Gasteiger partial charge < -0.3 is 20.1 Å². The van der Waals surface area contributed by atoms with Gasteiger partial charge in [-0.05, 0) is 6.92 Å². The van der Waals surface area contributed by atoms with Crippen LogP contribution >= 0.6 is 15.9 Å². The Kier molecular flexibility index (Phi) is 2.56. The van der Waals surface area contributed by atoms with E-state index in [0.29, 0.717) is 0 Å². The third-order valence-corrected chi connectivity index (χ3v) is 3.15. The van der Waals surface area contributed by atoms with Crippen LogP contribution in [0.5, 0.6) is 0 Å². The summed E-state index contributed by atoms with van der Waals surface area (Å²) in [5, 5.41) is 27.4. The minimum absolute atomic E-state index is 0.292. The van der Waals surface area contributed by atoms with Gasteiger partial charge in [0.1, 0.15) is 12.2 Å². The van der Waals surface area contributed by atoms with Crippen LogP contribution in [0, 0.1) is 0 Å². The zero-order valence-electron chi connectivity index (χ0n) is 6.07. The molecular weight excluding hydrogens is 216 g/mol. The van der Waals surface area contributed by atoms with Gasteiger partial charge >= 0.3 is 0 Å². The van der Waals surface area contributed by atoms with Crippen LogP contribution in [0.3, 0.4) is 0 Å². The molecule has 0 aromatic carbocycles. The largest absolute Gasteiger partial charge is 0.394 e. The molecule has 0 saturated carbocycles. The summed E-state index contributed by atoms with van der Waals surface area (Å²) >= 11 is 3.07. The van der Waals surface area contributed by atoms with E-state index in [0.717, 1.165) is 0 Å². The monoisotopic (exact) mass is 226 g/mol. The Balaban J connectivity index is 2.69. The Labute approximate surface area is 72.9 Å². The number of rotatable bonds is 1. The number of aliphatic hydroxyl groups excluding tert-OH is 2. The summed E-state index contributed by atoms with van der Waals surface area (Å²) in [6.45, 7) is 1.14. The van der Waals surface area contributed by atoms with E-state index in [1.165, 1.54) is 6.92 Å². The third-order valence-electron chi connectivity index (χ3n) is 1.76. The lowest BCUT2D eigenvalue weighted by Gasteiger charge is -2.19. The standard InChI is InChI=1S/C6H11BrO4/c1-6(10)5(7)4(9)3(2-8)11-6/h3-5,8-10H,2H2,1H3/t3-,4-,5-,6+/m1/s1. The van der Waals surface area contributed by atoms with Crippen molar-refractivity contribution in [3.63, 3.8) is 0 Å². The highest BCUT2D eigenvalue weighted by Crippen LogP contribution is 2.33. The van der Waals surface area contributed by atoms with Crippen molar-refractivity contribution in [2.75, 3.05) is 6.61 Å². The molecule has 1 aliphatic rings. The maximum atomic E-state index is 9.39. The van der Waals surface area contributed by atoms with Gasteiger partial charge in [-0.2, -0.15) is 0 Å². The fourth-order valence-corrected chi connectivity index (χ4v) is 1.54. The number of aliphatic hydroxyl groups is 3. The molecule has 1 aliphatic heterocycles. The van der Waals surface area contributed by atoms with Crippen LogP contribution in [-0.4, -0.2) is 44.7 Å². The van der Waals surface area contributed by atoms with Crippen LogP contribution in [0.1, 0.15) is 6.92 Å². The Morgan fingerprint density at radius 2 is 2.18 bits per heavy atom. The van der Waals surface area contributed by atoms with E-state index in [1.807, 2.05) is 0 Å². The van der Waals surface area contributed by atoms with Gasteiger partial charge in [0.05, 0.1) is 11.4 Å². The lowest BCUT2D eigenvalue weighted by molar-refractivity contribution is -0.182. The van der Waals surface area contributed by atoms with Gasteiger partial charge in [-0.1, -0.05) is 15.9 Å². The summed E-state index contributed by atoms with van der Waals surface area (Å²) in [6, 6.07) is 0. The van der Waals surface area contributed by atoms with Gasteiger partial charge in [-0.15, -0.1) is 0 Å². The zero-order valence-corrected chi connectivity index (χ0v) is 7.65. The van der Waals surface area contributed by atoms with Gasteiger partial charge in [0, 0.05) is 0 Å². The summed E-state index contributed by atoms with van der Waals surface area (Å²) in [5.74, 6) is -1.40. The van der Waals surface area contributed by atoms with Gasteiger partial charge in [-0.3, -0.25) is 0 Å². The molecule has 0 amide bonds. The molecule has 0 bridgehead atoms. The highest BCUT2D eigenvalue weighted by atomic mass is 79.9. The summed E-state index contributed by atoms with van der Waals surface area (Å²) < 4.78 is 4.93. The first-order valence-corrected chi connectivity index (χ1v) is 4.24. The molecule has 66 valence electrons. The highest BCUT2D eigenvalue weighted by Gasteiger charge is 2.49. The molecule has 1 rings (SSSR count). The number of halogens is 1. The molecule has 1 saturated heterocycles. The van der Waals surface area contributed by atoms with E-state index in [2.05, 4.69) is 15.9 Å². The lowest BCUT2D eigenvalue weighted by atomic mass is 10.1. The maximum Gasteiger partial charge on any atom is 0.178 e. The first kappa shape index (κ1) is 9.41. The van der Waals surface area contributed by atoms with E-state index >= 15 is 0 Å². The molecule has 1 heterocycles. The minimum atomic E-state index is -1.40. The van der Waals surface area contributed by atoms with Gasteiger partial charge in [0.25, 0.3) is 0 Å². The van der Waals surface area contributed by atoms with Crippen molar-refractivity contribution >= 4 is 15.9 Å². The van der Waals surface area contributed by atoms with Crippen molar-refractivity contribution in [1.82, 2.24) is 0 Å². The van der Waals surface area contributed by atoms with E-state index in [1.54, 1.807) is 0 Å². The Morgan fingerprint density at radius 1 is 1.64 bits per heavy atom. The maximum absolute atomic E-state index is 9.39. The summed E-state index contributed by atoms with van der Waals surface area (Å²) in [4.78, 5) is -0.549. The molecule has 3 N–H and O–H groups in total. The molecule has 4 atom stereocenters. The molecule has 0 aromatic rings. The number of alkyl halides is 1. The van der Waals surface area contributed by atoms with Crippen molar-refractivity contribution in [3.8, 4) is 0 Å². The van der Waals surface area contributed by atoms with Crippen molar-refractivity contribution in [2.45, 2.75) is 29.7 Å². The number of hydrogen-bond donors (Lipinski definition) is 3. The second-order valence-electron chi connectivity index (χ2n) is 2.79. The van der Waals surface area contributed by atoms with E-state index in [9.17, 15) is 10.2 Å². The van der Waals surface area contributed by atoms with Crippen molar-refractivity contribution in [3.05, 3.63) is 0 Å². The first-order valence-electron chi connectivity index (χ1n) is 3.32. The van der Waals surface area contributed by atoms with Crippen LogP contribution in [0.25, 0.3) is 0 Å². The van der Waals surface area contributed by atoms with Crippen LogP contribution in [-0.2, 0) is 4.74 Å². The zero-order chi connectivity index (χ0) is 8.65. The Hall–Kier alpha value is 0.320. The third kappa shape index (κ3) is 1.57. The predicted octanol–water partition coefficient (Wildman–Crippen LogP) is -0.790. The topological polar surface area (TPSA) is 69.9 Å². The molecule has 5 heteroatoms. The quantitative estimate of drug-likeness (QED) is 0.513. The highest BCUT2D eigenvalue weighted by molar-refractivity contribution is 9.09.